The first kappa shape index (κ1) is 22.7. The maximum absolute atomic E-state index is 13.1. The van der Waals surface area contributed by atoms with Crippen molar-refractivity contribution in [3.05, 3.63) is 84.2 Å². The van der Waals surface area contributed by atoms with Crippen molar-refractivity contribution in [3.8, 4) is 0 Å². The number of hydrogen-bond donors (Lipinski definition) is 2. The Kier molecular flexibility index (Phi) is 6.63. The van der Waals surface area contributed by atoms with E-state index in [0.717, 1.165) is 11.2 Å². The molecule has 3 amide bonds. The normalized spacial score (nSPS) is 10.7. The Labute approximate surface area is 196 Å². The molecule has 0 bridgehead atoms. The molecule has 2 aromatic carbocycles. The number of primary amides is 1. The lowest BCUT2D eigenvalue weighted by Crippen LogP contribution is -2.26. The first-order valence-electron chi connectivity index (χ1n) is 10.8. The molecule has 172 valence electrons. The molecule has 0 atom stereocenters. The number of carbonyl (C=O) groups excluding carboxylic acids is 3. The van der Waals surface area contributed by atoms with Gasteiger partial charge in [0.1, 0.15) is 0 Å². The van der Waals surface area contributed by atoms with Crippen molar-refractivity contribution in [2.45, 2.75) is 19.4 Å². The molecule has 0 spiro atoms. The summed E-state index contributed by atoms with van der Waals surface area (Å²) in [7, 11) is 1.71. The third-order valence-corrected chi connectivity index (χ3v) is 5.40. The van der Waals surface area contributed by atoms with Gasteiger partial charge >= 0.3 is 0 Å². The van der Waals surface area contributed by atoms with Crippen LogP contribution in [-0.2, 0) is 11.3 Å². The smallest absolute Gasteiger partial charge is 0.259 e. The molecule has 9 nitrogen and oxygen atoms in total. The van der Waals surface area contributed by atoms with Crippen molar-refractivity contribution in [2.75, 3.05) is 17.3 Å². The second kappa shape index (κ2) is 9.95. The van der Waals surface area contributed by atoms with Crippen LogP contribution in [0.4, 0.5) is 11.6 Å². The van der Waals surface area contributed by atoms with E-state index in [4.69, 9.17) is 5.73 Å². The highest BCUT2D eigenvalue weighted by Crippen LogP contribution is 2.24. The quantitative estimate of drug-likeness (QED) is 0.421. The molecule has 0 aliphatic carbocycles. The topological polar surface area (TPSA) is 123 Å². The average Bonchev–Trinajstić information content (AvgIpc) is 3.20. The number of nitrogens with zero attached hydrogens (tertiary/aromatic N) is 4. The summed E-state index contributed by atoms with van der Waals surface area (Å²) in [5, 5.41) is 2.81. The van der Waals surface area contributed by atoms with Crippen molar-refractivity contribution < 1.29 is 14.4 Å². The van der Waals surface area contributed by atoms with Gasteiger partial charge in [-0.15, -0.1) is 0 Å². The van der Waals surface area contributed by atoms with E-state index in [-0.39, 0.29) is 18.2 Å². The number of pyridine rings is 1. The van der Waals surface area contributed by atoms with Crippen molar-refractivity contribution in [3.63, 3.8) is 0 Å². The molecule has 9 heteroatoms. The maximum atomic E-state index is 13.1. The van der Waals surface area contributed by atoms with Crippen LogP contribution in [0.5, 0.6) is 0 Å². The number of rotatable bonds is 8. The van der Waals surface area contributed by atoms with E-state index in [1.165, 1.54) is 6.20 Å². The lowest BCUT2D eigenvalue weighted by molar-refractivity contribution is -0.118. The number of nitrogens with two attached hydrogens (primary N) is 1. The van der Waals surface area contributed by atoms with Crippen LogP contribution < -0.4 is 16.0 Å². The second-order valence-corrected chi connectivity index (χ2v) is 7.76. The minimum Gasteiger partial charge on any atom is -0.370 e. The first-order chi connectivity index (χ1) is 16.4. The molecule has 3 N–H and O–H groups in total. The highest BCUT2D eigenvalue weighted by Gasteiger charge is 2.18. The van der Waals surface area contributed by atoms with Gasteiger partial charge < -0.3 is 15.2 Å². The zero-order chi connectivity index (χ0) is 24.1. The van der Waals surface area contributed by atoms with Gasteiger partial charge in [-0.05, 0) is 48.9 Å². The SMILES string of the molecule is CN(C(=O)c1ccc2c(c1)nc(NC(=O)c1cccnc1)n2CCCC(N)=O)c1ccccc1. The molecule has 0 saturated carbocycles. The predicted octanol–water partition coefficient (Wildman–Crippen LogP) is 3.23. The summed E-state index contributed by atoms with van der Waals surface area (Å²) < 4.78 is 1.81. The van der Waals surface area contributed by atoms with E-state index < -0.39 is 5.91 Å². The number of hydrogen-bond acceptors (Lipinski definition) is 5. The molecule has 0 aliphatic heterocycles. The van der Waals surface area contributed by atoms with Gasteiger partial charge in [-0.3, -0.25) is 24.7 Å². The summed E-state index contributed by atoms with van der Waals surface area (Å²) in [6, 6.07) is 17.9. The Morgan fingerprint density at radius 1 is 1.03 bits per heavy atom. The van der Waals surface area contributed by atoms with E-state index in [1.807, 2.05) is 34.9 Å². The third kappa shape index (κ3) is 4.93. The van der Waals surface area contributed by atoms with E-state index in [1.54, 1.807) is 48.5 Å². The molecule has 0 fully saturated rings. The summed E-state index contributed by atoms with van der Waals surface area (Å²) in [6.45, 7) is 0.416. The third-order valence-electron chi connectivity index (χ3n) is 5.40. The van der Waals surface area contributed by atoms with E-state index in [2.05, 4.69) is 15.3 Å². The van der Waals surface area contributed by atoms with Crippen LogP contribution >= 0.6 is 0 Å². The van der Waals surface area contributed by atoms with Gasteiger partial charge in [-0.2, -0.15) is 0 Å². The summed E-state index contributed by atoms with van der Waals surface area (Å²) in [5.41, 5.74) is 8.19. The highest BCUT2D eigenvalue weighted by molar-refractivity contribution is 6.08. The van der Waals surface area contributed by atoms with Gasteiger partial charge in [0, 0.05) is 43.7 Å². The fourth-order valence-electron chi connectivity index (χ4n) is 3.63. The second-order valence-electron chi connectivity index (χ2n) is 7.76. The zero-order valence-corrected chi connectivity index (χ0v) is 18.6. The fraction of sp³-hybridized carbons (Fsp3) is 0.160. The fourth-order valence-corrected chi connectivity index (χ4v) is 3.63. The van der Waals surface area contributed by atoms with E-state index in [0.29, 0.717) is 35.6 Å². The summed E-state index contributed by atoms with van der Waals surface area (Å²) >= 11 is 0. The van der Waals surface area contributed by atoms with Crippen LogP contribution in [0.15, 0.2) is 73.1 Å². The van der Waals surface area contributed by atoms with Crippen LogP contribution in [0.3, 0.4) is 0 Å². The number of nitrogens with one attached hydrogen (secondary N) is 1. The number of benzene rings is 2. The maximum Gasteiger partial charge on any atom is 0.259 e. The molecule has 34 heavy (non-hydrogen) atoms. The van der Waals surface area contributed by atoms with Crippen molar-refractivity contribution in [1.82, 2.24) is 14.5 Å². The van der Waals surface area contributed by atoms with Gasteiger partial charge in [-0.1, -0.05) is 18.2 Å². The molecule has 4 rings (SSSR count). The number of carbonyl (C=O) groups is 3. The number of fused-ring (bicyclic) bond motifs is 1. The Hall–Kier alpha value is -4.53. The molecule has 4 aromatic rings. The monoisotopic (exact) mass is 456 g/mol. The predicted molar refractivity (Wildman–Crippen MR) is 130 cm³/mol. The largest absolute Gasteiger partial charge is 0.370 e. The van der Waals surface area contributed by atoms with E-state index >= 15 is 0 Å². The number of para-hydroxylation sites is 1. The van der Waals surface area contributed by atoms with E-state index in [9.17, 15) is 14.4 Å². The van der Waals surface area contributed by atoms with Crippen LogP contribution in [0.25, 0.3) is 11.0 Å². The van der Waals surface area contributed by atoms with Gasteiger partial charge in [-0.25, -0.2) is 4.98 Å². The minimum atomic E-state index is -0.401. The summed E-state index contributed by atoms with van der Waals surface area (Å²) in [6.07, 6.45) is 3.73. The lowest BCUT2D eigenvalue weighted by Gasteiger charge is -2.17. The Morgan fingerprint density at radius 2 is 1.82 bits per heavy atom. The Morgan fingerprint density at radius 3 is 2.53 bits per heavy atom. The zero-order valence-electron chi connectivity index (χ0n) is 18.6. The Balaban J connectivity index is 1.66. The van der Waals surface area contributed by atoms with Crippen LogP contribution in [0.2, 0.25) is 0 Å². The van der Waals surface area contributed by atoms with Gasteiger partial charge in [0.05, 0.1) is 16.6 Å². The average molecular weight is 457 g/mol. The van der Waals surface area contributed by atoms with Crippen LogP contribution in [0, 0.1) is 0 Å². The summed E-state index contributed by atoms with van der Waals surface area (Å²) in [5.74, 6) is -0.631. The van der Waals surface area contributed by atoms with Crippen molar-refractivity contribution in [2.24, 2.45) is 5.73 Å². The molecular weight excluding hydrogens is 432 g/mol. The lowest BCUT2D eigenvalue weighted by atomic mass is 10.1. The number of aryl methyl sites for hydroxylation is 1. The first-order valence-corrected chi connectivity index (χ1v) is 10.8. The number of amides is 3. The van der Waals surface area contributed by atoms with Crippen molar-refractivity contribution >= 4 is 40.4 Å². The number of imidazole rings is 1. The molecule has 0 aliphatic rings. The number of aromatic nitrogens is 3. The minimum absolute atomic E-state index is 0.183. The summed E-state index contributed by atoms with van der Waals surface area (Å²) in [4.78, 5) is 47.1. The standard InChI is InChI=1S/C25H24N6O3/c1-30(19-8-3-2-4-9-19)24(34)17-11-12-21-20(15-17)28-25(31(21)14-6-10-22(26)32)29-23(33)18-7-5-13-27-16-18/h2-5,7-9,11-13,15-16H,6,10,14H2,1H3,(H2,26,32)(H,28,29,33). The molecule has 0 unspecified atom stereocenters. The van der Waals surface area contributed by atoms with Crippen LogP contribution in [-0.4, -0.2) is 39.3 Å². The van der Waals surface area contributed by atoms with Gasteiger partial charge in [0.25, 0.3) is 11.8 Å². The van der Waals surface area contributed by atoms with Gasteiger partial charge in [0.2, 0.25) is 11.9 Å². The van der Waals surface area contributed by atoms with Crippen molar-refractivity contribution in [1.29, 1.82) is 0 Å². The highest BCUT2D eigenvalue weighted by atomic mass is 16.2. The molecular formula is C25H24N6O3. The molecule has 0 radical (unpaired) electrons. The number of anilines is 2. The molecule has 0 saturated heterocycles. The molecule has 2 aromatic heterocycles. The Bertz CT molecular complexity index is 1340. The van der Waals surface area contributed by atoms with Gasteiger partial charge in [0.15, 0.2) is 0 Å². The van der Waals surface area contributed by atoms with Crippen LogP contribution in [0.1, 0.15) is 33.6 Å². The molecule has 2 heterocycles.